The summed E-state index contributed by atoms with van der Waals surface area (Å²) >= 11 is 0. The van der Waals surface area contributed by atoms with Crippen molar-refractivity contribution in [2.24, 2.45) is 23.7 Å². The average Bonchev–Trinajstić information content (AvgIpc) is 2.38. The highest BCUT2D eigenvalue weighted by molar-refractivity contribution is 5.20. The van der Waals surface area contributed by atoms with Gasteiger partial charge in [0, 0.05) is 17.8 Å². The maximum absolute atomic E-state index is 8.94. The molecule has 0 saturated heterocycles. The Labute approximate surface area is 107 Å². The van der Waals surface area contributed by atoms with Crippen molar-refractivity contribution in [3.05, 3.63) is 23.8 Å². The predicted octanol–water partition coefficient (Wildman–Crippen LogP) is 2.89. The van der Waals surface area contributed by atoms with Gasteiger partial charge in [-0.1, -0.05) is 0 Å². The zero-order chi connectivity index (χ0) is 12.1. The van der Waals surface area contributed by atoms with Crippen LogP contribution in [0.5, 0.6) is 0 Å². The van der Waals surface area contributed by atoms with Crippen molar-refractivity contribution in [2.75, 3.05) is 0 Å². The second kappa shape index (κ2) is 3.78. The molecule has 0 spiro atoms. The van der Waals surface area contributed by atoms with E-state index in [1.807, 2.05) is 6.07 Å². The summed E-state index contributed by atoms with van der Waals surface area (Å²) in [5.41, 5.74) is 1.13. The summed E-state index contributed by atoms with van der Waals surface area (Å²) in [7, 11) is 0. The Morgan fingerprint density at radius 2 is 1.72 bits per heavy atom. The molecule has 5 rings (SSSR count). The lowest BCUT2D eigenvalue weighted by molar-refractivity contribution is -0.00421. The van der Waals surface area contributed by atoms with Crippen LogP contribution in [0, 0.1) is 35.0 Å². The van der Waals surface area contributed by atoms with E-state index >= 15 is 0 Å². The largest absolute Gasteiger partial charge is 0.232 e. The topological polar surface area (TPSA) is 49.6 Å². The standard InChI is InChI=1S/C15H17N3/c16-8-14-17-2-1-13(18-14)15-11-4-9-3-10(6-11)7-12(15)5-9/h1-2,9-12,15H,3-7H2. The minimum Gasteiger partial charge on any atom is -0.228 e. The van der Waals surface area contributed by atoms with Gasteiger partial charge in [0.15, 0.2) is 0 Å². The highest BCUT2D eigenvalue weighted by Crippen LogP contribution is 2.59. The molecule has 0 unspecified atom stereocenters. The van der Waals surface area contributed by atoms with Crippen LogP contribution in [0.15, 0.2) is 12.3 Å². The lowest BCUT2D eigenvalue weighted by Gasteiger charge is -2.54. The van der Waals surface area contributed by atoms with Gasteiger partial charge in [-0.15, -0.1) is 0 Å². The monoisotopic (exact) mass is 239 g/mol. The Morgan fingerprint density at radius 1 is 1.06 bits per heavy atom. The van der Waals surface area contributed by atoms with Crippen molar-refractivity contribution in [1.29, 1.82) is 5.26 Å². The number of nitriles is 1. The van der Waals surface area contributed by atoms with Crippen molar-refractivity contribution in [3.63, 3.8) is 0 Å². The van der Waals surface area contributed by atoms with Crippen LogP contribution in [0.2, 0.25) is 0 Å². The van der Waals surface area contributed by atoms with Crippen LogP contribution in [0.25, 0.3) is 0 Å². The van der Waals surface area contributed by atoms with Gasteiger partial charge in [0.2, 0.25) is 5.82 Å². The number of nitrogens with zero attached hydrogens (tertiary/aromatic N) is 3. The molecule has 4 bridgehead atoms. The third kappa shape index (κ3) is 1.48. The fraction of sp³-hybridized carbons (Fsp3) is 0.667. The van der Waals surface area contributed by atoms with E-state index < -0.39 is 0 Å². The molecule has 0 aliphatic heterocycles. The Hall–Kier alpha value is -1.43. The SMILES string of the molecule is N#Cc1nccc(C2C3CC4CC(C3)CC2C4)n1. The Balaban J connectivity index is 1.70. The summed E-state index contributed by atoms with van der Waals surface area (Å²) in [6.45, 7) is 0. The second-order valence-electron chi connectivity index (χ2n) is 6.37. The molecule has 0 atom stereocenters. The van der Waals surface area contributed by atoms with Crippen LogP contribution in [-0.4, -0.2) is 9.97 Å². The Morgan fingerprint density at radius 3 is 2.33 bits per heavy atom. The smallest absolute Gasteiger partial charge is 0.228 e. The van der Waals surface area contributed by atoms with Gasteiger partial charge in [0.1, 0.15) is 6.07 Å². The van der Waals surface area contributed by atoms with Crippen LogP contribution in [0.4, 0.5) is 0 Å². The minimum atomic E-state index is 0.335. The highest BCUT2D eigenvalue weighted by Gasteiger charge is 2.49. The van der Waals surface area contributed by atoms with E-state index in [2.05, 4.69) is 16.0 Å². The lowest BCUT2D eigenvalue weighted by atomic mass is 9.51. The van der Waals surface area contributed by atoms with Gasteiger partial charge in [-0.25, -0.2) is 9.97 Å². The summed E-state index contributed by atoms with van der Waals surface area (Å²) < 4.78 is 0. The normalized spacial score (nSPS) is 40.7. The van der Waals surface area contributed by atoms with Gasteiger partial charge in [-0.2, -0.15) is 5.26 Å². The summed E-state index contributed by atoms with van der Waals surface area (Å²) in [6.07, 6.45) is 8.80. The summed E-state index contributed by atoms with van der Waals surface area (Å²) in [5, 5.41) is 8.94. The first-order chi connectivity index (χ1) is 8.83. The molecule has 0 radical (unpaired) electrons. The quantitative estimate of drug-likeness (QED) is 0.757. The molecular weight excluding hydrogens is 222 g/mol. The Kier molecular flexibility index (Phi) is 2.20. The molecule has 4 aliphatic rings. The van der Waals surface area contributed by atoms with Crippen LogP contribution in [-0.2, 0) is 0 Å². The summed E-state index contributed by atoms with van der Waals surface area (Å²) in [5.74, 6) is 4.56. The molecule has 1 aromatic rings. The third-order valence-electron chi connectivity index (χ3n) is 5.35. The first-order valence-corrected chi connectivity index (χ1v) is 7.06. The molecule has 1 heterocycles. The molecule has 1 aromatic heterocycles. The second-order valence-corrected chi connectivity index (χ2v) is 6.37. The number of rotatable bonds is 1. The predicted molar refractivity (Wildman–Crippen MR) is 66.5 cm³/mol. The number of hydrogen-bond acceptors (Lipinski definition) is 3. The van der Waals surface area contributed by atoms with Gasteiger partial charge in [0.25, 0.3) is 0 Å². The van der Waals surface area contributed by atoms with E-state index in [9.17, 15) is 0 Å². The van der Waals surface area contributed by atoms with Crippen LogP contribution < -0.4 is 0 Å². The van der Waals surface area contributed by atoms with Gasteiger partial charge in [-0.3, -0.25) is 0 Å². The number of hydrogen-bond donors (Lipinski definition) is 0. The molecule has 4 aliphatic carbocycles. The summed E-state index contributed by atoms with van der Waals surface area (Å²) in [6, 6.07) is 4.10. The van der Waals surface area contributed by atoms with E-state index in [1.54, 1.807) is 6.20 Å². The lowest BCUT2D eigenvalue weighted by Crippen LogP contribution is -2.44. The van der Waals surface area contributed by atoms with Crippen LogP contribution >= 0.6 is 0 Å². The van der Waals surface area contributed by atoms with Gasteiger partial charge in [-0.05, 0) is 61.8 Å². The molecule has 0 amide bonds. The molecule has 0 aromatic carbocycles. The first kappa shape index (κ1) is 10.5. The minimum absolute atomic E-state index is 0.335. The van der Waals surface area contributed by atoms with Crippen molar-refractivity contribution in [3.8, 4) is 6.07 Å². The average molecular weight is 239 g/mol. The van der Waals surface area contributed by atoms with Gasteiger partial charge >= 0.3 is 0 Å². The fourth-order valence-corrected chi connectivity index (χ4v) is 5.02. The molecule has 4 fully saturated rings. The van der Waals surface area contributed by atoms with E-state index in [0.717, 1.165) is 29.4 Å². The first-order valence-electron chi connectivity index (χ1n) is 7.06. The fourth-order valence-electron chi connectivity index (χ4n) is 5.02. The number of aromatic nitrogens is 2. The van der Waals surface area contributed by atoms with Crippen molar-refractivity contribution in [1.82, 2.24) is 9.97 Å². The molecule has 4 saturated carbocycles. The van der Waals surface area contributed by atoms with Gasteiger partial charge < -0.3 is 0 Å². The highest BCUT2D eigenvalue weighted by atomic mass is 14.9. The third-order valence-corrected chi connectivity index (χ3v) is 5.35. The van der Waals surface area contributed by atoms with Crippen molar-refractivity contribution >= 4 is 0 Å². The van der Waals surface area contributed by atoms with E-state index in [1.165, 1.54) is 32.1 Å². The summed E-state index contributed by atoms with van der Waals surface area (Å²) in [4.78, 5) is 8.46. The van der Waals surface area contributed by atoms with E-state index in [-0.39, 0.29) is 0 Å². The van der Waals surface area contributed by atoms with Crippen LogP contribution in [0.1, 0.15) is 49.5 Å². The van der Waals surface area contributed by atoms with E-state index in [0.29, 0.717) is 11.7 Å². The van der Waals surface area contributed by atoms with Crippen molar-refractivity contribution in [2.45, 2.75) is 38.0 Å². The Bertz CT molecular complexity index is 489. The zero-order valence-corrected chi connectivity index (χ0v) is 10.4. The zero-order valence-electron chi connectivity index (χ0n) is 10.4. The molecule has 18 heavy (non-hydrogen) atoms. The van der Waals surface area contributed by atoms with Gasteiger partial charge in [0.05, 0.1) is 0 Å². The van der Waals surface area contributed by atoms with E-state index in [4.69, 9.17) is 5.26 Å². The molecule has 92 valence electrons. The maximum atomic E-state index is 8.94. The molecule has 3 nitrogen and oxygen atoms in total. The van der Waals surface area contributed by atoms with Crippen molar-refractivity contribution < 1.29 is 0 Å². The molecular formula is C15H17N3. The molecule has 0 N–H and O–H groups in total. The molecule has 3 heteroatoms. The maximum Gasteiger partial charge on any atom is 0.232 e. The van der Waals surface area contributed by atoms with Crippen LogP contribution in [0.3, 0.4) is 0 Å².